The molecule has 23 heavy (non-hydrogen) atoms. The lowest BCUT2D eigenvalue weighted by atomic mass is 9.94. The molecule has 0 unspecified atom stereocenters. The Morgan fingerprint density at radius 2 is 1.96 bits per heavy atom. The predicted molar refractivity (Wildman–Crippen MR) is 92.6 cm³/mol. The van der Waals surface area contributed by atoms with E-state index >= 15 is 0 Å². The second kappa shape index (κ2) is 8.67. The zero-order valence-electron chi connectivity index (χ0n) is 14.1. The number of nitrogens with one attached hydrogen (secondary N) is 2. The van der Waals surface area contributed by atoms with Crippen LogP contribution in [0.3, 0.4) is 0 Å². The van der Waals surface area contributed by atoms with Crippen molar-refractivity contribution in [2.45, 2.75) is 45.1 Å². The molecular formula is C18H27N3O2. The Balaban J connectivity index is 1.89. The number of hydrogen-bond donors (Lipinski definition) is 2. The van der Waals surface area contributed by atoms with Crippen molar-refractivity contribution in [3.8, 4) is 0 Å². The van der Waals surface area contributed by atoms with Crippen LogP contribution < -0.4 is 10.6 Å². The monoisotopic (exact) mass is 317 g/mol. The van der Waals surface area contributed by atoms with E-state index in [-0.39, 0.29) is 11.8 Å². The van der Waals surface area contributed by atoms with Gasteiger partial charge in [0.15, 0.2) is 0 Å². The maximum absolute atomic E-state index is 12.2. The Bertz CT molecular complexity index is 539. The summed E-state index contributed by atoms with van der Waals surface area (Å²) in [5.41, 5.74) is 1.22. The van der Waals surface area contributed by atoms with Gasteiger partial charge in [0.25, 0.3) is 5.91 Å². The highest BCUT2D eigenvalue weighted by atomic mass is 16.2. The molecular weight excluding hydrogens is 290 g/mol. The summed E-state index contributed by atoms with van der Waals surface area (Å²) in [6.45, 7) is 2.85. The highest BCUT2D eigenvalue weighted by Crippen LogP contribution is 2.21. The van der Waals surface area contributed by atoms with Crippen molar-refractivity contribution in [3.05, 3.63) is 29.8 Å². The summed E-state index contributed by atoms with van der Waals surface area (Å²) in [5, 5.41) is 5.65. The number of amides is 2. The topological polar surface area (TPSA) is 61.4 Å². The molecule has 1 fully saturated rings. The molecule has 2 N–H and O–H groups in total. The summed E-state index contributed by atoms with van der Waals surface area (Å²) in [6, 6.07) is 7.56. The van der Waals surface area contributed by atoms with Gasteiger partial charge >= 0.3 is 0 Å². The van der Waals surface area contributed by atoms with Gasteiger partial charge in [0.1, 0.15) is 0 Å². The van der Waals surface area contributed by atoms with Crippen molar-refractivity contribution in [2.75, 3.05) is 25.5 Å². The molecule has 2 amide bonds. The molecule has 1 saturated carbocycles. The van der Waals surface area contributed by atoms with Crippen LogP contribution in [0.15, 0.2) is 24.3 Å². The highest BCUT2D eigenvalue weighted by molar-refractivity contribution is 5.97. The lowest BCUT2D eigenvalue weighted by molar-refractivity contribution is -0.117. The van der Waals surface area contributed by atoms with Crippen molar-refractivity contribution in [2.24, 2.45) is 0 Å². The molecule has 0 spiro atoms. The third kappa shape index (κ3) is 5.36. The van der Waals surface area contributed by atoms with Gasteiger partial charge in [-0.2, -0.15) is 0 Å². The fraction of sp³-hybridized carbons (Fsp3) is 0.556. The maximum atomic E-state index is 12.2. The van der Waals surface area contributed by atoms with Crippen LogP contribution >= 0.6 is 0 Å². The lowest BCUT2D eigenvalue weighted by Crippen LogP contribution is -2.39. The molecule has 5 heteroatoms. The van der Waals surface area contributed by atoms with Gasteiger partial charge in [-0.15, -0.1) is 0 Å². The first-order valence-electron chi connectivity index (χ1n) is 8.48. The highest BCUT2D eigenvalue weighted by Gasteiger charge is 2.19. The molecule has 0 aliphatic heterocycles. The molecule has 1 aromatic rings. The van der Waals surface area contributed by atoms with Gasteiger partial charge in [0.2, 0.25) is 5.91 Å². The molecule has 0 aromatic heterocycles. The lowest BCUT2D eigenvalue weighted by Gasteiger charge is -2.30. The van der Waals surface area contributed by atoms with Gasteiger partial charge in [-0.3, -0.25) is 14.5 Å². The second-order valence-electron chi connectivity index (χ2n) is 6.20. The maximum Gasteiger partial charge on any atom is 0.251 e. The van der Waals surface area contributed by atoms with Gasteiger partial charge in [0.05, 0.1) is 6.54 Å². The summed E-state index contributed by atoms with van der Waals surface area (Å²) >= 11 is 0. The minimum Gasteiger partial charge on any atom is -0.352 e. The molecule has 0 bridgehead atoms. The fourth-order valence-electron chi connectivity index (χ4n) is 3.08. The molecule has 1 aliphatic carbocycles. The van der Waals surface area contributed by atoms with Crippen molar-refractivity contribution in [3.63, 3.8) is 0 Å². The third-order valence-corrected chi connectivity index (χ3v) is 4.34. The van der Waals surface area contributed by atoms with Crippen LogP contribution in [-0.2, 0) is 4.79 Å². The van der Waals surface area contributed by atoms with Crippen LogP contribution in [0, 0.1) is 0 Å². The van der Waals surface area contributed by atoms with Crippen LogP contribution in [0.5, 0.6) is 0 Å². The number of carbonyl (C=O) groups is 2. The molecule has 0 atom stereocenters. The van der Waals surface area contributed by atoms with E-state index in [1.165, 1.54) is 32.1 Å². The Kier molecular flexibility index (Phi) is 6.59. The van der Waals surface area contributed by atoms with Crippen molar-refractivity contribution in [1.29, 1.82) is 0 Å². The van der Waals surface area contributed by atoms with Gasteiger partial charge in [0, 0.05) is 23.8 Å². The van der Waals surface area contributed by atoms with Crippen LogP contribution in [0.25, 0.3) is 0 Å². The summed E-state index contributed by atoms with van der Waals surface area (Å²) in [4.78, 5) is 26.2. The summed E-state index contributed by atoms with van der Waals surface area (Å²) < 4.78 is 0. The first kappa shape index (κ1) is 17.5. The predicted octanol–water partition coefficient (Wildman–Crippen LogP) is 2.64. The molecule has 1 aliphatic rings. The minimum absolute atomic E-state index is 0.0360. The van der Waals surface area contributed by atoms with Crippen molar-refractivity contribution >= 4 is 17.5 Å². The molecule has 5 nitrogen and oxygen atoms in total. The average molecular weight is 317 g/mol. The van der Waals surface area contributed by atoms with E-state index in [1.54, 1.807) is 24.3 Å². The Hall–Kier alpha value is -1.88. The first-order chi connectivity index (χ1) is 11.1. The summed E-state index contributed by atoms with van der Waals surface area (Å²) in [7, 11) is 2.01. The number of likely N-dealkylation sites (N-methyl/N-ethyl adjacent to an activating group) is 1. The number of anilines is 1. The number of rotatable bonds is 6. The number of carbonyl (C=O) groups excluding carboxylic acids is 2. The summed E-state index contributed by atoms with van der Waals surface area (Å²) in [6.07, 6.45) is 6.17. The van der Waals surface area contributed by atoms with E-state index in [9.17, 15) is 9.59 Å². The molecule has 0 radical (unpaired) electrons. The van der Waals surface area contributed by atoms with Crippen LogP contribution in [0.4, 0.5) is 5.69 Å². The first-order valence-corrected chi connectivity index (χ1v) is 8.48. The SMILES string of the molecule is CCNC(=O)c1cccc(NC(=O)CN(C)C2CCCCC2)c1. The smallest absolute Gasteiger partial charge is 0.251 e. The quantitative estimate of drug-likeness (QED) is 0.848. The summed E-state index contributed by atoms with van der Waals surface area (Å²) in [5.74, 6) is -0.158. The number of benzene rings is 1. The van der Waals surface area contributed by atoms with E-state index in [1.807, 2.05) is 14.0 Å². The van der Waals surface area contributed by atoms with Gasteiger partial charge < -0.3 is 10.6 Å². The van der Waals surface area contributed by atoms with E-state index < -0.39 is 0 Å². The largest absolute Gasteiger partial charge is 0.352 e. The molecule has 1 aromatic carbocycles. The van der Waals surface area contributed by atoms with E-state index in [0.717, 1.165) is 0 Å². The molecule has 0 saturated heterocycles. The van der Waals surface area contributed by atoms with E-state index in [0.29, 0.717) is 30.4 Å². The Morgan fingerprint density at radius 1 is 1.22 bits per heavy atom. The average Bonchev–Trinajstić information content (AvgIpc) is 2.56. The number of nitrogens with zero attached hydrogens (tertiary/aromatic N) is 1. The number of hydrogen-bond acceptors (Lipinski definition) is 3. The molecule has 0 heterocycles. The van der Waals surface area contributed by atoms with Crippen molar-refractivity contribution in [1.82, 2.24) is 10.2 Å². The van der Waals surface area contributed by atoms with E-state index in [2.05, 4.69) is 15.5 Å². The Morgan fingerprint density at radius 3 is 2.65 bits per heavy atom. The van der Waals surface area contributed by atoms with Crippen LogP contribution in [0.2, 0.25) is 0 Å². The molecule has 2 rings (SSSR count). The van der Waals surface area contributed by atoms with Gasteiger partial charge in [-0.05, 0) is 45.0 Å². The van der Waals surface area contributed by atoms with Crippen molar-refractivity contribution < 1.29 is 9.59 Å². The third-order valence-electron chi connectivity index (χ3n) is 4.34. The fourth-order valence-corrected chi connectivity index (χ4v) is 3.08. The van der Waals surface area contributed by atoms with Gasteiger partial charge in [-0.25, -0.2) is 0 Å². The second-order valence-corrected chi connectivity index (χ2v) is 6.20. The zero-order valence-corrected chi connectivity index (χ0v) is 14.1. The standard InChI is InChI=1S/C18H27N3O2/c1-3-19-18(23)14-8-7-9-15(12-14)20-17(22)13-21(2)16-10-5-4-6-11-16/h7-9,12,16H,3-6,10-11,13H2,1-2H3,(H,19,23)(H,20,22). The zero-order chi connectivity index (χ0) is 16.7. The van der Waals surface area contributed by atoms with E-state index in [4.69, 9.17) is 0 Å². The normalized spacial score (nSPS) is 15.4. The molecule has 126 valence electrons. The minimum atomic E-state index is -0.122. The van der Waals surface area contributed by atoms with Crippen LogP contribution in [-0.4, -0.2) is 42.9 Å². The van der Waals surface area contributed by atoms with Gasteiger partial charge in [-0.1, -0.05) is 25.3 Å². The van der Waals surface area contributed by atoms with Crippen LogP contribution in [0.1, 0.15) is 49.4 Å². The Labute approximate surface area is 138 Å².